The summed E-state index contributed by atoms with van der Waals surface area (Å²) in [4.78, 5) is 12.5. The third-order valence-electron chi connectivity index (χ3n) is 8.76. The zero-order valence-electron chi connectivity index (χ0n) is 21.3. The average molecular weight is 455 g/mol. The highest BCUT2D eigenvalue weighted by atomic mass is 28.4. The second-order valence-electron chi connectivity index (χ2n) is 13.1. The first kappa shape index (κ1) is 24.5. The smallest absolute Gasteiger partial charge is 0.309 e. The van der Waals surface area contributed by atoms with Gasteiger partial charge in [-0.1, -0.05) is 34.6 Å². The lowest BCUT2D eigenvalue weighted by molar-refractivity contribution is -0.148. The van der Waals surface area contributed by atoms with Gasteiger partial charge in [0.15, 0.2) is 16.6 Å². The number of hydrogen-bond acceptors (Lipinski definition) is 4. The van der Waals surface area contributed by atoms with Crippen molar-refractivity contribution in [3.05, 3.63) is 0 Å². The molecule has 0 aromatic heterocycles. The molecule has 1 saturated heterocycles. The lowest BCUT2D eigenvalue weighted by Crippen LogP contribution is -2.48. The Hall–Kier alpha value is -0.176. The van der Waals surface area contributed by atoms with Gasteiger partial charge in [-0.25, -0.2) is 0 Å². The Morgan fingerprint density at radius 2 is 1.70 bits per heavy atom. The van der Waals surface area contributed by atoms with Crippen LogP contribution < -0.4 is 0 Å². The molecule has 3 aliphatic rings. The van der Waals surface area contributed by atoms with Crippen molar-refractivity contribution < 1.29 is 18.4 Å². The van der Waals surface area contributed by atoms with E-state index in [4.69, 9.17) is 13.6 Å². The molecular weight excluding hydrogens is 408 g/mol. The first-order valence-electron chi connectivity index (χ1n) is 12.1. The molecule has 8 atom stereocenters. The van der Waals surface area contributed by atoms with Crippen molar-refractivity contribution >= 4 is 22.6 Å². The van der Waals surface area contributed by atoms with Crippen molar-refractivity contribution in [3.8, 4) is 0 Å². The fraction of sp³-hybridized carbons (Fsp3) is 0.958. The molecule has 0 aromatic rings. The number of esters is 1. The maximum absolute atomic E-state index is 12.5. The van der Waals surface area contributed by atoms with Crippen molar-refractivity contribution in [1.82, 2.24) is 0 Å². The van der Waals surface area contributed by atoms with Crippen LogP contribution in [0.3, 0.4) is 0 Å². The number of ether oxygens (including phenoxy) is 1. The van der Waals surface area contributed by atoms with Gasteiger partial charge in [-0.05, 0) is 75.8 Å². The number of carbonyl (C=O) groups excluding carboxylic acids is 1. The zero-order valence-corrected chi connectivity index (χ0v) is 23.3. The Morgan fingerprint density at radius 1 is 1.10 bits per heavy atom. The van der Waals surface area contributed by atoms with Gasteiger partial charge in [0, 0.05) is 17.9 Å². The lowest BCUT2D eigenvalue weighted by atomic mass is 9.76. The van der Waals surface area contributed by atoms with Crippen LogP contribution in [0.15, 0.2) is 0 Å². The van der Waals surface area contributed by atoms with Gasteiger partial charge in [-0.3, -0.25) is 4.79 Å². The normalized spacial score (nSPS) is 42.5. The van der Waals surface area contributed by atoms with Crippen LogP contribution >= 0.6 is 0 Å². The minimum absolute atomic E-state index is 0.000525. The second kappa shape index (κ2) is 7.70. The van der Waals surface area contributed by atoms with Gasteiger partial charge in [0.1, 0.15) is 6.10 Å². The van der Waals surface area contributed by atoms with E-state index in [-0.39, 0.29) is 34.7 Å². The first-order chi connectivity index (χ1) is 13.5. The van der Waals surface area contributed by atoms with Crippen LogP contribution in [0.4, 0.5) is 0 Å². The Morgan fingerprint density at radius 3 is 2.23 bits per heavy atom. The molecule has 3 rings (SSSR count). The summed E-state index contributed by atoms with van der Waals surface area (Å²) in [6, 6.07) is 0. The molecule has 30 heavy (non-hydrogen) atoms. The van der Waals surface area contributed by atoms with Gasteiger partial charge in [-0.2, -0.15) is 0 Å². The first-order valence-corrected chi connectivity index (χ1v) is 18.4. The molecule has 1 heterocycles. The highest BCUT2D eigenvalue weighted by Gasteiger charge is 2.61. The van der Waals surface area contributed by atoms with Crippen molar-refractivity contribution in [2.24, 2.45) is 29.6 Å². The molecule has 174 valence electrons. The van der Waals surface area contributed by atoms with Crippen molar-refractivity contribution in [2.45, 2.75) is 116 Å². The maximum Gasteiger partial charge on any atom is 0.309 e. The van der Waals surface area contributed by atoms with E-state index in [9.17, 15) is 4.79 Å². The standard InChI is InChI=1S/C24H46O4Si2/c1-15-17-12-13-24(6,28-29(7,8)9)18-14-19(27-30(10,11)23(3,4)5)16(2)20(18)21(17)26-22(15)25/h15-21H,12-14H2,1-11H3/t15-,16+,17-,18+,19-,20-,21-,24+/m0/s1. The molecule has 2 saturated carbocycles. The van der Waals surface area contributed by atoms with Gasteiger partial charge in [0.2, 0.25) is 0 Å². The number of carbonyl (C=O) groups is 1. The molecule has 6 heteroatoms. The number of rotatable bonds is 4. The summed E-state index contributed by atoms with van der Waals surface area (Å²) in [5.41, 5.74) is -0.161. The predicted octanol–water partition coefficient (Wildman–Crippen LogP) is 6.23. The number of fused-ring (bicyclic) bond motifs is 3. The third kappa shape index (κ3) is 4.35. The van der Waals surface area contributed by atoms with E-state index in [1.807, 2.05) is 0 Å². The molecule has 0 radical (unpaired) electrons. The second-order valence-corrected chi connectivity index (χ2v) is 22.3. The van der Waals surface area contributed by atoms with Crippen LogP contribution in [0.1, 0.15) is 60.8 Å². The topological polar surface area (TPSA) is 44.8 Å². The molecule has 3 fully saturated rings. The lowest BCUT2D eigenvalue weighted by Gasteiger charge is -2.43. The van der Waals surface area contributed by atoms with Crippen LogP contribution in [-0.2, 0) is 18.4 Å². The Balaban J connectivity index is 1.97. The van der Waals surface area contributed by atoms with Gasteiger partial charge < -0.3 is 13.6 Å². The van der Waals surface area contributed by atoms with E-state index in [0.717, 1.165) is 19.3 Å². The van der Waals surface area contributed by atoms with Gasteiger partial charge in [0.25, 0.3) is 0 Å². The van der Waals surface area contributed by atoms with Crippen molar-refractivity contribution in [3.63, 3.8) is 0 Å². The van der Waals surface area contributed by atoms with Crippen molar-refractivity contribution in [1.29, 1.82) is 0 Å². The van der Waals surface area contributed by atoms with E-state index in [2.05, 4.69) is 74.3 Å². The quantitative estimate of drug-likeness (QED) is 0.373. The van der Waals surface area contributed by atoms with E-state index in [0.29, 0.717) is 23.7 Å². The van der Waals surface area contributed by atoms with E-state index in [1.54, 1.807) is 0 Å². The molecule has 0 N–H and O–H groups in total. The monoisotopic (exact) mass is 454 g/mol. The van der Waals surface area contributed by atoms with Crippen LogP contribution in [0.5, 0.6) is 0 Å². The van der Waals surface area contributed by atoms with Crippen molar-refractivity contribution in [2.75, 3.05) is 0 Å². The molecule has 0 unspecified atom stereocenters. The predicted molar refractivity (Wildman–Crippen MR) is 127 cm³/mol. The Bertz CT molecular complexity index is 665. The Labute approximate surface area is 187 Å². The maximum atomic E-state index is 12.5. The van der Waals surface area contributed by atoms with Crippen LogP contribution in [0, 0.1) is 29.6 Å². The van der Waals surface area contributed by atoms with Gasteiger partial charge >= 0.3 is 5.97 Å². The molecule has 0 amide bonds. The summed E-state index contributed by atoms with van der Waals surface area (Å²) in [5, 5.41) is 0.187. The minimum Gasteiger partial charge on any atom is -0.462 e. The molecule has 4 nitrogen and oxygen atoms in total. The highest BCUT2D eigenvalue weighted by molar-refractivity contribution is 6.74. The van der Waals surface area contributed by atoms with Crippen LogP contribution in [-0.4, -0.2) is 40.4 Å². The molecule has 0 bridgehead atoms. The van der Waals surface area contributed by atoms with Crippen LogP contribution in [0.2, 0.25) is 37.8 Å². The summed E-state index contributed by atoms with van der Waals surface area (Å²) < 4.78 is 20.0. The molecule has 0 spiro atoms. The summed E-state index contributed by atoms with van der Waals surface area (Å²) in [5.74, 6) is 1.38. The molecule has 2 aliphatic carbocycles. The summed E-state index contributed by atoms with van der Waals surface area (Å²) in [6.45, 7) is 25.3. The number of hydrogen-bond donors (Lipinski definition) is 0. The van der Waals surface area contributed by atoms with Gasteiger partial charge in [-0.15, -0.1) is 0 Å². The van der Waals surface area contributed by atoms with E-state index < -0.39 is 16.6 Å². The minimum atomic E-state index is -1.88. The zero-order chi connectivity index (χ0) is 22.9. The summed E-state index contributed by atoms with van der Waals surface area (Å²) in [6.07, 6.45) is 3.30. The molecular formula is C24H46O4Si2. The SMILES string of the molecule is C[C@H]1[C@@H]2[C@H]3OC(=O)[C@@H](C)[C@@H]3CC[C@@](C)(O[Si](C)(C)C)[C@@H]2C[C@@H]1O[Si](C)(C)C(C)(C)C. The highest BCUT2D eigenvalue weighted by Crippen LogP contribution is 2.57. The molecule has 1 aliphatic heterocycles. The van der Waals surface area contributed by atoms with E-state index in [1.165, 1.54) is 0 Å². The Kier molecular flexibility index (Phi) is 6.28. The fourth-order valence-electron chi connectivity index (χ4n) is 6.16. The third-order valence-corrected chi connectivity index (χ3v) is 14.3. The fourth-order valence-corrected chi connectivity index (χ4v) is 9.24. The van der Waals surface area contributed by atoms with E-state index >= 15 is 0 Å². The average Bonchev–Trinajstić information content (AvgIpc) is 2.97. The molecule has 0 aromatic carbocycles. The summed E-state index contributed by atoms with van der Waals surface area (Å²) >= 11 is 0. The largest absolute Gasteiger partial charge is 0.462 e. The van der Waals surface area contributed by atoms with Gasteiger partial charge in [0.05, 0.1) is 11.5 Å². The van der Waals surface area contributed by atoms with Crippen LogP contribution in [0.25, 0.3) is 0 Å². The summed E-state index contributed by atoms with van der Waals surface area (Å²) in [7, 11) is -3.61.